The molecule has 1 aromatic carbocycles. The molecule has 0 atom stereocenters. The highest BCUT2D eigenvalue weighted by molar-refractivity contribution is 6.30. The summed E-state index contributed by atoms with van der Waals surface area (Å²) >= 11 is 6.25. The molecule has 1 fully saturated rings. The van der Waals surface area contributed by atoms with Crippen molar-refractivity contribution in [2.24, 2.45) is 0 Å². The fourth-order valence-electron chi connectivity index (χ4n) is 3.26. The van der Waals surface area contributed by atoms with Crippen molar-refractivity contribution < 1.29 is 4.74 Å². The van der Waals surface area contributed by atoms with E-state index in [-0.39, 0.29) is 0 Å². The number of nitrogens with zero attached hydrogens (tertiary/aromatic N) is 5. The van der Waals surface area contributed by atoms with E-state index in [2.05, 4.69) is 24.8 Å². The van der Waals surface area contributed by atoms with E-state index in [1.54, 1.807) is 18.6 Å². The molecular formula is C21H22ClN5O. The molecule has 7 heteroatoms. The minimum absolute atomic E-state index is 0.488. The monoisotopic (exact) mass is 395 g/mol. The molecule has 0 bridgehead atoms. The number of halogens is 1. The van der Waals surface area contributed by atoms with Gasteiger partial charge in [0.25, 0.3) is 0 Å². The van der Waals surface area contributed by atoms with Crippen LogP contribution in [0.2, 0.25) is 5.02 Å². The standard InChI is InChI=1S/C21H22ClN5O/c22-19-4-5-20(28-16-17-3-1-6-23-14-17)18(13-19)15-26-9-11-27(12-10-26)21-24-7-2-8-25-21/h1-8,13-14H,9-12,15-16H2. The Balaban J connectivity index is 1.38. The zero-order valence-electron chi connectivity index (χ0n) is 15.5. The van der Waals surface area contributed by atoms with E-state index in [1.807, 2.05) is 42.6 Å². The summed E-state index contributed by atoms with van der Waals surface area (Å²) in [5.74, 6) is 1.66. The van der Waals surface area contributed by atoms with Crippen LogP contribution in [-0.4, -0.2) is 46.0 Å². The number of benzene rings is 1. The number of ether oxygens (including phenoxy) is 1. The zero-order valence-corrected chi connectivity index (χ0v) is 16.3. The Morgan fingerprint density at radius 2 is 1.79 bits per heavy atom. The van der Waals surface area contributed by atoms with Crippen LogP contribution < -0.4 is 9.64 Å². The maximum atomic E-state index is 6.25. The van der Waals surface area contributed by atoms with Crippen LogP contribution in [0.1, 0.15) is 11.1 Å². The molecule has 1 aliphatic heterocycles. The lowest BCUT2D eigenvalue weighted by Gasteiger charge is -2.34. The molecule has 0 amide bonds. The van der Waals surface area contributed by atoms with E-state index in [4.69, 9.17) is 16.3 Å². The van der Waals surface area contributed by atoms with Crippen molar-refractivity contribution >= 4 is 17.5 Å². The van der Waals surface area contributed by atoms with Crippen molar-refractivity contribution in [3.05, 3.63) is 77.3 Å². The molecule has 4 rings (SSSR count). The van der Waals surface area contributed by atoms with Crippen LogP contribution in [0, 0.1) is 0 Å². The van der Waals surface area contributed by atoms with Gasteiger partial charge in [-0.05, 0) is 30.3 Å². The lowest BCUT2D eigenvalue weighted by Crippen LogP contribution is -2.46. The average molecular weight is 396 g/mol. The Bertz CT molecular complexity index is 886. The maximum Gasteiger partial charge on any atom is 0.225 e. The van der Waals surface area contributed by atoms with E-state index in [0.717, 1.165) is 60.6 Å². The van der Waals surface area contributed by atoms with E-state index in [0.29, 0.717) is 6.61 Å². The molecule has 0 radical (unpaired) electrons. The normalized spacial score (nSPS) is 14.8. The summed E-state index contributed by atoms with van der Waals surface area (Å²) in [6.07, 6.45) is 7.15. The van der Waals surface area contributed by atoms with Crippen molar-refractivity contribution in [3.63, 3.8) is 0 Å². The second kappa shape index (κ2) is 8.99. The van der Waals surface area contributed by atoms with Crippen LogP contribution in [0.4, 0.5) is 5.95 Å². The first-order chi connectivity index (χ1) is 13.8. The fourth-order valence-corrected chi connectivity index (χ4v) is 3.45. The van der Waals surface area contributed by atoms with Gasteiger partial charge in [-0.25, -0.2) is 9.97 Å². The Morgan fingerprint density at radius 1 is 0.964 bits per heavy atom. The van der Waals surface area contributed by atoms with Gasteiger partial charge in [-0.3, -0.25) is 9.88 Å². The molecule has 0 spiro atoms. The molecule has 1 saturated heterocycles. The first kappa shape index (κ1) is 18.7. The summed E-state index contributed by atoms with van der Waals surface area (Å²) in [6.45, 7) is 4.96. The quantitative estimate of drug-likeness (QED) is 0.637. The molecule has 2 aromatic heterocycles. The highest BCUT2D eigenvalue weighted by atomic mass is 35.5. The Labute approximate surface area is 169 Å². The van der Waals surface area contributed by atoms with Crippen molar-refractivity contribution in [1.82, 2.24) is 19.9 Å². The lowest BCUT2D eigenvalue weighted by molar-refractivity contribution is 0.239. The number of aromatic nitrogens is 3. The van der Waals surface area contributed by atoms with Gasteiger partial charge < -0.3 is 9.64 Å². The number of anilines is 1. The SMILES string of the molecule is Clc1ccc(OCc2cccnc2)c(CN2CCN(c3ncccn3)CC2)c1. The van der Waals surface area contributed by atoms with E-state index in [1.165, 1.54) is 0 Å². The maximum absolute atomic E-state index is 6.25. The number of pyridine rings is 1. The highest BCUT2D eigenvalue weighted by Gasteiger charge is 2.20. The third kappa shape index (κ3) is 4.77. The molecule has 0 aliphatic carbocycles. The summed E-state index contributed by atoms with van der Waals surface area (Å²) in [4.78, 5) is 17.4. The number of hydrogen-bond acceptors (Lipinski definition) is 6. The molecule has 1 aliphatic rings. The molecule has 28 heavy (non-hydrogen) atoms. The number of rotatable bonds is 6. The minimum Gasteiger partial charge on any atom is -0.489 e. The summed E-state index contributed by atoms with van der Waals surface area (Å²) in [7, 11) is 0. The second-order valence-electron chi connectivity index (χ2n) is 6.71. The Hall–Kier alpha value is -2.70. The van der Waals surface area contributed by atoms with Crippen LogP contribution >= 0.6 is 11.6 Å². The molecular weight excluding hydrogens is 374 g/mol. The zero-order chi connectivity index (χ0) is 19.2. The van der Waals surface area contributed by atoms with Gasteiger partial charge in [0.05, 0.1) is 0 Å². The van der Waals surface area contributed by atoms with Gasteiger partial charge in [-0.1, -0.05) is 17.7 Å². The average Bonchev–Trinajstić information content (AvgIpc) is 2.75. The molecule has 144 valence electrons. The predicted molar refractivity (Wildman–Crippen MR) is 110 cm³/mol. The topological polar surface area (TPSA) is 54.4 Å². The van der Waals surface area contributed by atoms with Gasteiger partial charge >= 0.3 is 0 Å². The van der Waals surface area contributed by atoms with E-state index in [9.17, 15) is 0 Å². The van der Waals surface area contributed by atoms with E-state index < -0.39 is 0 Å². The molecule has 0 N–H and O–H groups in total. The molecule has 6 nitrogen and oxygen atoms in total. The predicted octanol–water partition coefficient (Wildman–Crippen LogP) is 3.43. The van der Waals surface area contributed by atoms with E-state index >= 15 is 0 Å². The molecule has 3 aromatic rings. The van der Waals surface area contributed by atoms with Crippen molar-refractivity contribution in [1.29, 1.82) is 0 Å². The second-order valence-corrected chi connectivity index (χ2v) is 7.15. The van der Waals surface area contributed by atoms with Gasteiger partial charge in [0.15, 0.2) is 0 Å². The van der Waals surface area contributed by atoms with Gasteiger partial charge in [-0.2, -0.15) is 0 Å². The van der Waals surface area contributed by atoms with Gasteiger partial charge in [0.1, 0.15) is 12.4 Å². The third-order valence-corrected chi connectivity index (χ3v) is 4.98. The van der Waals surface area contributed by atoms with Crippen LogP contribution in [0.15, 0.2) is 61.2 Å². The van der Waals surface area contributed by atoms with Crippen LogP contribution in [0.3, 0.4) is 0 Å². The first-order valence-electron chi connectivity index (χ1n) is 9.32. The summed E-state index contributed by atoms with van der Waals surface area (Å²) in [5, 5.41) is 0.722. The summed E-state index contributed by atoms with van der Waals surface area (Å²) in [6, 6.07) is 11.6. The first-order valence-corrected chi connectivity index (χ1v) is 9.70. The Morgan fingerprint density at radius 3 is 2.54 bits per heavy atom. The van der Waals surface area contributed by atoms with Crippen LogP contribution in [-0.2, 0) is 13.2 Å². The van der Waals surface area contributed by atoms with Crippen molar-refractivity contribution in [2.75, 3.05) is 31.1 Å². The largest absolute Gasteiger partial charge is 0.489 e. The lowest BCUT2D eigenvalue weighted by atomic mass is 10.1. The van der Waals surface area contributed by atoms with Gasteiger partial charge in [-0.15, -0.1) is 0 Å². The summed E-state index contributed by atoms with van der Waals surface area (Å²) in [5.41, 5.74) is 2.14. The smallest absolute Gasteiger partial charge is 0.225 e. The fraction of sp³-hybridized carbons (Fsp3) is 0.286. The molecule has 0 saturated carbocycles. The van der Waals surface area contributed by atoms with Gasteiger partial charge in [0, 0.05) is 73.7 Å². The van der Waals surface area contributed by atoms with Crippen molar-refractivity contribution in [2.45, 2.75) is 13.2 Å². The Kier molecular flexibility index (Phi) is 5.99. The molecule has 0 unspecified atom stereocenters. The van der Waals surface area contributed by atoms with Gasteiger partial charge in [0.2, 0.25) is 5.95 Å². The van der Waals surface area contributed by atoms with Crippen LogP contribution in [0.5, 0.6) is 5.75 Å². The molecule has 3 heterocycles. The number of piperazine rings is 1. The third-order valence-electron chi connectivity index (χ3n) is 4.74. The highest BCUT2D eigenvalue weighted by Crippen LogP contribution is 2.26. The number of hydrogen-bond donors (Lipinski definition) is 0. The minimum atomic E-state index is 0.488. The van der Waals surface area contributed by atoms with Crippen molar-refractivity contribution in [3.8, 4) is 5.75 Å². The van der Waals surface area contributed by atoms with Crippen LogP contribution in [0.25, 0.3) is 0 Å². The summed E-state index contributed by atoms with van der Waals surface area (Å²) < 4.78 is 6.05.